The molecule has 0 aliphatic heterocycles. The average molecular weight is 355 g/mol. The van der Waals surface area contributed by atoms with Crippen LogP contribution in [0.3, 0.4) is 0 Å². The van der Waals surface area contributed by atoms with Crippen LogP contribution in [-0.4, -0.2) is 20.9 Å². The van der Waals surface area contributed by atoms with Crippen LogP contribution in [0, 0.1) is 6.92 Å². The molecule has 0 radical (unpaired) electrons. The van der Waals surface area contributed by atoms with Crippen LogP contribution in [0.1, 0.15) is 45.7 Å². The molecule has 130 valence electrons. The van der Waals surface area contributed by atoms with Crippen molar-refractivity contribution in [3.8, 4) is 0 Å². The van der Waals surface area contributed by atoms with Crippen molar-refractivity contribution in [2.24, 2.45) is 0 Å². The molecule has 0 N–H and O–H groups in total. The number of nitrogens with zero attached hydrogens (tertiary/aromatic N) is 3. The van der Waals surface area contributed by atoms with Crippen molar-refractivity contribution in [1.82, 2.24) is 15.0 Å². The average Bonchev–Trinajstić information content (AvgIpc) is 3.24. The summed E-state index contributed by atoms with van der Waals surface area (Å²) in [6.07, 6.45) is 1.74. The predicted octanol–water partition coefficient (Wildman–Crippen LogP) is 4.23. The summed E-state index contributed by atoms with van der Waals surface area (Å²) in [6, 6.07) is 11.7. The van der Waals surface area contributed by atoms with Crippen LogP contribution in [0.2, 0.25) is 0 Å². The summed E-state index contributed by atoms with van der Waals surface area (Å²) in [5, 5.41) is 3.97. The minimum atomic E-state index is -0.122. The Kier molecular flexibility index (Phi) is 5.60. The molecule has 0 aliphatic rings. The van der Waals surface area contributed by atoms with Crippen LogP contribution in [0.4, 0.5) is 0 Å². The number of amides is 1. The number of aryl methyl sites for hydroxylation is 2. The Balaban J connectivity index is 1.83. The zero-order valence-electron chi connectivity index (χ0n) is 14.4. The first-order valence-electron chi connectivity index (χ1n) is 8.35. The molecule has 0 spiro atoms. The fraction of sp³-hybridized carbons (Fsp3) is 0.316. The van der Waals surface area contributed by atoms with Gasteiger partial charge in [-0.1, -0.05) is 42.4 Å². The molecule has 1 aromatic carbocycles. The van der Waals surface area contributed by atoms with Crippen LogP contribution < -0.4 is 0 Å². The fourth-order valence-corrected chi connectivity index (χ4v) is 3.39. The van der Waals surface area contributed by atoms with Gasteiger partial charge in [-0.15, -0.1) is 11.3 Å². The fourth-order valence-electron chi connectivity index (χ4n) is 2.59. The topological polar surface area (TPSA) is 59.2 Å². The Bertz CT molecular complexity index is 826. The molecule has 5 nitrogen and oxygen atoms in total. The lowest BCUT2D eigenvalue weighted by Gasteiger charge is -2.21. The van der Waals surface area contributed by atoms with E-state index in [2.05, 4.69) is 17.1 Å². The maximum absolute atomic E-state index is 13.0. The molecular formula is C19H21N3O2S. The first-order valence-corrected chi connectivity index (χ1v) is 9.23. The minimum absolute atomic E-state index is 0.122. The van der Waals surface area contributed by atoms with E-state index in [-0.39, 0.29) is 5.91 Å². The lowest BCUT2D eigenvalue weighted by Crippen LogP contribution is -2.30. The SMILES string of the molecule is CCCc1cc(C(=O)N(Cc2ccccc2)Cc2scnc2C)no1. The molecule has 3 rings (SSSR count). The maximum atomic E-state index is 13.0. The Morgan fingerprint density at radius 1 is 1.24 bits per heavy atom. The second-order valence-corrected chi connectivity index (χ2v) is 6.88. The van der Waals surface area contributed by atoms with Crippen molar-refractivity contribution < 1.29 is 9.32 Å². The van der Waals surface area contributed by atoms with E-state index in [1.165, 1.54) is 0 Å². The van der Waals surface area contributed by atoms with Gasteiger partial charge in [0.1, 0.15) is 5.76 Å². The minimum Gasteiger partial charge on any atom is -0.361 e. The monoisotopic (exact) mass is 355 g/mol. The summed E-state index contributed by atoms with van der Waals surface area (Å²) < 4.78 is 5.28. The quantitative estimate of drug-likeness (QED) is 0.636. The number of hydrogen-bond donors (Lipinski definition) is 0. The molecule has 0 bridgehead atoms. The molecule has 0 aliphatic carbocycles. The van der Waals surface area contributed by atoms with Crippen LogP contribution in [-0.2, 0) is 19.5 Å². The van der Waals surface area contributed by atoms with Gasteiger partial charge in [-0.25, -0.2) is 4.98 Å². The number of aromatic nitrogens is 2. The van der Waals surface area contributed by atoms with Gasteiger partial charge in [0.25, 0.3) is 5.91 Å². The normalized spacial score (nSPS) is 10.8. The van der Waals surface area contributed by atoms with E-state index < -0.39 is 0 Å². The summed E-state index contributed by atoms with van der Waals surface area (Å²) in [5.74, 6) is 0.627. The number of hydrogen-bond acceptors (Lipinski definition) is 5. The van der Waals surface area contributed by atoms with Crippen LogP contribution in [0.25, 0.3) is 0 Å². The molecule has 2 aromatic heterocycles. The third-order valence-electron chi connectivity index (χ3n) is 3.96. The molecule has 2 heterocycles. The Hall–Kier alpha value is -2.47. The van der Waals surface area contributed by atoms with Crippen LogP contribution >= 0.6 is 11.3 Å². The van der Waals surface area contributed by atoms with Crippen LogP contribution in [0.15, 0.2) is 46.4 Å². The second-order valence-electron chi connectivity index (χ2n) is 5.94. The van der Waals surface area contributed by atoms with Crippen LogP contribution in [0.5, 0.6) is 0 Å². The highest BCUT2D eigenvalue weighted by atomic mass is 32.1. The van der Waals surface area contributed by atoms with Gasteiger partial charge in [0.15, 0.2) is 5.69 Å². The van der Waals surface area contributed by atoms with E-state index in [1.54, 1.807) is 22.3 Å². The standard InChI is InChI=1S/C19H21N3O2S/c1-3-7-16-10-17(21-24-16)19(23)22(11-15-8-5-4-6-9-15)12-18-14(2)20-13-25-18/h4-6,8-10,13H,3,7,11-12H2,1-2H3. The second kappa shape index (κ2) is 8.07. The first kappa shape index (κ1) is 17.4. The highest BCUT2D eigenvalue weighted by Gasteiger charge is 2.21. The number of rotatable bonds is 7. The molecule has 6 heteroatoms. The van der Waals surface area contributed by atoms with Crippen molar-refractivity contribution in [1.29, 1.82) is 0 Å². The van der Waals surface area contributed by atoms with Gasteiger partial charge in [0, 0.05) is 23.9 Å². The molecule has 0 fully saturated rings. The number of carbonyl (C=O) groups excluding carboxylic acids is 1. The summed E-state index contributed by atoms with van der Waals surface area (Å²) in [4.78, 5) is 20.2. The number of carbonyl (C=O) groups is 1. The summed E-state index contributed by atoms with van der Waals surface area (Å²) in [5.41, 5.74) is 4.21. The van der Waals surface area contributed by atoms with Gasteiger partial charge in [0.2, 0.25) is 0 Å². The van der Waals surface area contributed by atoms with Gasteiger partial charge >= 0.3 is 0 Å². The van der Waals surface area contributed by atoms with E-state index >= 15 is 0 Å². The molecule has 0 saturated carbocycles. The van der Waals surface area contributed by atoms with Crippen molar-refractivity contribution in [2.75, 3.05) is 0 Å². The molecule has 1 amide bonds. The zero-order chi connectivity index (χ0) is 17.6. The van der Waals surface area contributed by atoms with E-state index in [4.69, 9.17) is 4.52 Å². The van der Waals surface area contributed by atoms with E-state index in [0.29, 0.717) is 18.8 Å². The maximum Gasteiger partial charge on any atom is 0.276 e. The highest BCUT2D eigenvalue weighted by molar-refractivity contribution is 7.09. The number of thiazole rings is 1. The Morgan fingerprint density at radius 3 is 2.72 bits per heavy atom. The molecular weight excluding hydrogens is 334 g/mol. The number of benzene rings is 1. The van der Waals surface area contributed by atoms with Gasteiger partial charge in [-0.3, -0.25) is 4.79 Å². The van der Waals surface area contributed by atoms with Gasteiger partial charge in [-0.2, -0.15) is 0 Å². The van der Waals surface area contributed by atoms with Crippen molar-refractivity contribution in [3.63, 3.8) is 0 Å². The molecule has 0 saturated heterocycles. The molecule has 25 heavy (non-hydrogen) atoms. The summed E-state index contributed by atoms with van der Waals surface area (Å²) in [7, 11) is 0. The first-order chi connectivity index (χ1) is 12.2. The molecule has 0 atom stereocenters. The van der Waals surface area contributed by atoms with Gasteiger partial charge in [-0.05, 0) is 18.9 Å². The molecule has 0 unspecified atom stereocenters. The molecule has 3 aromatic rings. The lowest BCUT2D eigenvalue weighted by molar-refractivity contribution is 0.0721. The Labute approximate surface area is 151 Å². The lowest BCUT2D eigenvalue weighted by atomic mass is 10.2. The largest absolute Gasteiger partial charge is 0.361 e. The summed E-state index contributed by atoms with van der Waals surface area (Å²) in [6.45, 7) is 5.07. The zero-order valence-corrected chi connectivity index (χ0v) is 15.3. The van der Waals surface area contributed by atoms with Gasteiger partial charge < -0.3 is 9.42 Å². The Morgan fingerprint density at radius 2 is 2.04 bits per heavy atom. The van der Waals surface area contributed by atoms with Crippen molar-refractivity contribution in [2.45, 2.75) is 39.8 Å². The highest BCUT2D eigenvalue weighted by Crippen LogP contribution is 2.19. The van der Waals surface area contributed by atoms with E-state index in [0.717, 1.165) is 34.7 Å². The smallest absolute Gasteiger partial charge is 0.276 e. The van der Waals surface area contributed by atoms with Crippen molar-refractivity contribution in [3.05, 3.63) is 69.5 Å². The predicted molar refractivity (Wildman–Crippen MR) is 97.4 cm³/mol. The third-order valence-corrected chi connectivity index (χ3v) is 4.88. The van der Waals surface area contributed by atoms with E-state index in [9.17, 15) is 4.79 Å². The summed E-state index contributed by atoms with van der Waals surface area (Å²) >= 11 is 1.57. The van der Waals surface area contributed by atoms with E-state index in [1.807, 2.05) is 42.8 Å². The van der Waals surface area contributed by atoms with Gasteiger partial charge in [0.05, 0.1) is 17.7 Å². The van der Waals surface area contributed by atoms with Crippen molar-refractivity contribution >= 4 is 17.2 Å². The third kappa shape index (κ3) is 4.33.